The third kappa shape index (κ3) is 5.44. The Labute approximate surface area is 201 Å². The van der Waals surface area contributed by atoms with E-state index in [1.807, 2.05) is 43.0 Å². The minimum atomic E-state index is -0.218. The van der Waals surface area contributed by atoms with Crippen LogP contribution in [-0.2, 0) is 12.8 Å². The van der Waals surface area contributed by atoms with Gasteiger partial charge in [-0.15, -0.1) is 0 Å². The summed E-state index contributed by atoms with van der Waals surface area (Å²) in [4.78, 5) is 26.5. The number of halogens is 1. The summed E-state index contributed by atoms with van der Waals surface area (Å²) >= 11 is 0. The van der Waals surface area contributed by atoms with Crippen LogP contribution < -0.4 is 4.90 Å². The number of anilines is 1. The van der Waals surface area contributed by atoms with Crippen LogP contribution in [0.5, 0.6) is 0 Å². The van der Waals surface area contributed by atoms with Gasteiger partial charge in [-0.05, 0) is 56.0 Å². The smallest absolute Gasteiger partial charge is 0.253 e. The first kappa shape index (κ1) is 23.9. The molecular weight excluding hydrogens is 427 g/mol. The van der Waals surface area contributed by atoms with Crippen molar-refractivity contribution < 1.29 is 9.18 Å². The summed E-state index contributed by atoms with van der Waals surface area (Å²) in [6.07, 6.45) is 3.82. The second-order valence-corrected chi connectivity index (χ2v) is 9.01. The fourth-order valence-electron chi connectivity index (χ4n) is 4.52. The van der Waals surface area contributed by atoms with Crippen molar-refractivity contribution in [3.05, 3.63) is 88.1 Å². The number of carbonyl (C=O) groups excluding carboxylic acids is 1. The molecule has 2 heterocycles. The Balaban J connectivity index is 1.46. The highest BCUT2D eigenvalue weighted by Crippen LogP contribution is 2.26. The zero-order chi connectivity index (χ0) is 24.1. The Morgan fingerprint density at radius 3 is 2.35 bits per heavy atom. The number of piperazine rings is 1. The van der Waals surface area contributed by atoms with Crippen LogP contribution in [-0.4, -0.2) is 47.0 Å². The van der Waals surface area contributed by atoms with Gasteiger partial charge in [0, 0.05) is 49.4 Å². The van der Waals surface area contributed by atoms with E-state index in [-0.39, 0.29) is 11.7 Å². The highest BCUT2D eigenvalue weighted by atomic mass is 19.1. The van der Waals surface area contributed by atoms with E-state index < -0.39 is 0 Å². The third-order valence-corrected chi connectivity index (χ3v) is 6.52. The quantitative estimate of drug-likeness (QED) is 0.491. The van der Waals surface area contributed by atoms with E-state index in [4.69, 9.17) is 4.98 Å². The largest absolute Gasteiger partial charge is 0.353 e. The van der Waals surface area contributed by atoms with Gasteiger partial charge in [0.15, 0.2) is 0 Å². The molecule has 1 aliphatic rings. The minimum Gasteiger partial charge on any atom is -0.353 e. The zero-order valence-electron chi connectivity index (χ0n) is 20.4. The molecule has 2 aromatic carbocycles. The molecule has 0 unspecified atom stereocenters. The van der Waals surface area contributed by atoms with Crippen LogP contribution in [0.3, 0.4) is 0 Å². The van der Waals surface area contributed by atoms with E-state index in [0.29, 0.717) is 44.0 Å². The predicted octanol–water partition coefficient (Wildman–Crippen LogP) is 5.13. The molecule has 0 aliphatic carbocycles. The molecule has 4 rings (SSSR count). The second kappa shape index (κ2) is 10.8. The van der Waals surface area contributed by atoms with Crippen molar-refractivity contribution >= 4 is 11.7 Å². The molecule has 1 aliphatic heterocycles. The minimum absolute atomic E-state index is 0.0725. The van der Waals surface area contributed by atoms with Gasteiger partial charge in [-0.25, -0.2) is 14.4 Å². The van der Waals surface area contributed by atoms with Gasteiger partial charge in [-0.2, -0.15) is 0 Å². The van der Waals surface area contributed by atoms with Gasteiger partial charge in [0.2, 0.25) is 0 Å². The van der Waals surface area contributed by atoms with Gasteiger partial charge < -0.3 is 9.80 Å². The molecule has 0 atom stereocenters. The fraction of sp³-hybridized carbons (Fsp3) is 0.393. The molecule has 1 saturated heterocycles. The second-order valence-electron chi connectivity index (χ2n) is 9.01. The number of aromatic nitrogens is 2. The van der Waals surface area contributed by atoms with E-state index >= 15 is 0 Å². The van der Waals surface area contributed by atoms with Crippen molar-refractivity contribution in [2.24, 2.45) is 0 Å². The maximum Gasteiger partial charge on any atom is 0.253 e. The third-order valence-electron chi connectivity index (χ3n) is 6.52. The van der Waals surface area contributed by atoms with Crippen LogP contribution in [0.25, 0.3) is 0 Å². The summed E-state index contributed by atoms with van der Waals surface area (Å²) in [5.41, 5.74) is 4.46. The Hall–Kier alpha value is -3.28. The summed E-state index contributed by atoms with van der Waals surface area (Å²) in [5.74, 6) is 1.40. The van der Waals surface area contributed by atoms with Crippen LogP contribution in [0.4, 0.5) is 10.2 Å². The molecule has 0 saturated carbocycles. The molecule has 3 aromatic rings. The Morgan fingerprint density at radius 1 is 0.971 bits per heavy atom. The average molecular weight is 461 g/mol. The average Bonchev–Trinajstić information content (AvgIpc) is 2.85. The van der Waals surface area contributed by atoms with Gasteiger partial charge in [0.05, 0.1) is 0 Å². The molecule has 1 aromatic heterocycles. The molecule has 5 nitrogen and oxygen atoms in total. The summed E-state index contributed by atoms with van der Waals surface area (Å²) in [7, 11) is 0. The summed E-state index contributed by atoms with van der Waals surface area (Å²) < 4.78 is 14.3. The van der Waals surface area contributed by atoms with Crippen molar-refractivity contribution in [1.82, 2.24) is 14.9 Å². The van der Waals surface area contributed by atoms with E-state index in [1.165, 1.54) is 18.1 Å². The van der Waals surface area contributed by atoms with E-state index in [1.54, 1.807) is 6.07 Å². The molecule has 178 valence electrons. The van der Waals surface area contributed by atoms with Crippen LogP contribution >= 0.6 is 0 Å². The van der Waals surface area contributed by atoms with Crippen molar-refractivity contribution in [2.45, 2.75) is 46.5 Å². The first-order valence-electron chi connectivity index (χ1n) is 12.2. The summed E-state index contributed by atoms with van der Waals surface area (Å²) in [6, 6.07) is 14.9. The van der Waals surface area contributed by atoms with Crippen molar-refractivity contribution in [3.8, 4) is 0 Å². The lowest BCUT2D eigenvalue weighted by Gasteiger charge is -2.36. The first-order chi connectivity index (χ1) is 16.5. The molecule has 1 fully saturated rings. The van der Waals surface area contributed by atoms with Gasteiger partial charge in [-0.1, -0.05) is 43.7 Å². The van der Waals surface area contributed by atoms with Crippen LogP contribution in [0.2, 0.25) is 0 Å². The van der Waals surface area contributed by atoms with Gasteiger partial charge >= 0.3 is 0 Å². The van der Waals surface area contributed by atoms with Gasteiger partial charge in [0.1, 0.15) is 17.5 Å². The number of rotatable bonds is 7. The highest BCUT2D eigenvalue weighted by molar-refractivity contribution is 5.94. The maximum absolute atomic E-state index is 14.3. The standard InChI is InChI=1S/C28H33FN4O/c1-4-5-8-22-11-13-23(14-12-22)28(34)33-17-15-32(16-18-33)27-25(20(2)30-21(3)31-27)19-24-9-6-7-10-26(24)29/h6-7,9-14H,4-5,8,15-19H2,1-3H3. The van der Waals surface area contributed by atoms with Crippen LogP contribution in [0.15, 0.2) is 48.5 Å². The summed E-state index contributed by atoms with van der Waals surface area (Å²) in [6.45, 7) is 8.63. The number of unbranched alkanes of at least 4 members (excludes halogenated alkanes) is 1. The SMILES string of the molecule is CCCCc1ccc(C(=O)N2CCN(c3nc(C)nc(C)c3Cc3ccccc3F)CC2)cc1. The van der Waals surface area contributed by atoms with Gasteiger partial charge in [0.25, 0.3) is 5.91 Å². The lowest BCUT2D eigenvalue weighted by atomic mass is 10.0. The number of benzene rings is 2. The van der Waals surface area contributed by atoms with E-state index in [0.717, 1.165) is 35.5 Å². The zero-order valence-corrected chi connectivity index (χ0v) is 20.4. The Kier molecular flexibility index (Phi) is 7.56. The molecule has 6 heteroatoms. The fourth-order valence-corrected chi connectivity index (χ4v) is 4.52. The molecule has 0 N–H and O–H groups in total. The number of hydrogen-bond acceptors (Lipinski definition) is 4. The molecule has 0 radical (unpaired) electrons. The van der Waals surface area contributed by atoms with Crippen molar-refractivity contribution in [1.29, 1.82) is 0 Å². The molecule has 34 heavy (non-hydrogen) atoms. The molecule has 0 spiro atoms. The number of amides is 1. The molecule has 0 bridgehead atoms. The van der Waals surface area contributed by atoms with Crippen LogP contribution in [0, 0.1) is 19.7 Å². The monoisotopic (exact) mass is 460 g/mol. The first-order valence-corrected chi connectivity index (χ1v) is 12.2. The number of aryl methyl sites for hydroxylation is 3. The van der Waals surface area contributed by atoms with Gasteiger partial charge in [-0.3, -0.25) is 4.79 Å². The maximum atomic E-state index is 14.3. The van der Waals surface area contributed by atoms with E-state index in [9.17, 15) is 9.18 Å². The topological polar surface area (TPSA) is 49.3 Å². The number of hydrogen-bond donors (Lipinski definition) is 0. The number of nitrogens with zero attached hydrogens (tertiary/aromatic N) is 4. The van der Waals surface area contributed by atoms with E-state index in [2.05, 4.69) is 28.9 Å². The number of carbonyl (C=O) groups is 1. The van der Waals surface area contributed by atoms with Crippen molar-refractivity contribution in [2.75, 3.05) is 31.1 Å². The van der Waals surface area contributed by atoms with Crippen molar-refractivity contribution in [3.63, 3.8) is 0 Å². The summed E-state index contributed by atoms with van der Waals surface area (Å²) in [5, 5.41) is 0. The highest BCUT2D eigenvalue weighted by Gasteiger charge is 2.25. The Bertz CT molecular complexity index is 1140. The molecule has 1 amide bonds. The van der Waals surface area contributed by atoms with Crippen LogP contribution in [0.1, 0.15) is 58.3 Å². The lowest BCUT2D eigenvalue weighted by molar-refractivity contribution is 0.0746. The lowest BCUT2D eigenvalue weighted by Crippen LogP contribution is -2.49. The Morgan fingerprint density at radius 2 is 1.68 bits per heavy atom. The normalized spacial score (nSPS) is 13.9. The molecular formula is C28H33FN4O. The predicted molar refractivity (Wildman–Crippen MR) is 134 cm³/mol.